The number of anilines is 1. The number of carbonyl (C=O) groups is 3. The van der Waals surface area contributed by atoms with Crippen molar-refractivity contribution in [2.24, 2.45) is 11.7 Å². The van der Waals surface area contributed by atoms with Gasteiger partial charge < -0.3 is 16.4 Å². The zero-order chi connectivity index (χ0) is 22.9. The third kappa shape index (κ3) is 7.06. The predicted octanol–water partition coefficient (Wildman–Crippen LogP) is 2.54. The Bertz CT molecular complexity index is 966. The van der Waals surface area contributed by atoms with Gasteiger partial charge in [0.2, 0.25) is 17.7 Å². The number of piperidine rings is 1. The second kappa shape index (κ2) is 11.2. The average molecular weight is 435 g/mol. The largest absolute Gasteiger partial charge is 0.369 e. The van der Waals surface area contributed by atoms with Crippen LogP contribution in [0.3, 0.4) is 0 Å². The minimum atomic E-state index is -0.681. The summed E-state index contributed by atoms with van der Waals surface area (Å²) in [7, 11) is 0. The summed E-state index contributed by atoms with van der Waals surface area (Å²) < 4.78 is 0. The Hall–Kier alpha value is -3.45. The summed E-state index contributed by atoms with van der Waals surface area (Å²) in [5, 5.41) is 5.54. The van der Waals surface area contributed by atoms with Crippen LogP contribution in [0.15, 0.2) is 60.7 Å². The lowest BCUT2D eigenvalue weighted by atomic mass is 9.96. The molecule has 7 nitrogen and oxygen atoms in total. The summed E-state index contributed by atoms with van der Waals surface area (Å²) in [5.74, 6) is -0.863. The number of amides is 3. The van der Waals surface area contributed by atoms with E-state index in [0.717, 1.165) is 43.6 Å². The fraction of sp³-hybridized carbons (Fsp3) is 0.320. The molecule has 0 aromatic heterocycles. The van der Waals surface area contributed by atoms with E-state index >= 15 is 0 Å². The van der Waals surface area contributed by atoms with Gasteiger partial charge in [0.05, 0.1) is 0 Å². The Balaban J connectivity index is 1.49. The monoisotopic (exact) mass is 434 g/mol. The first kappa shape index (κ1) is 23.2. The molecule has 32 heavy (non-hydrogen) atoms. The number of nitrogens with two attached hydrogens (primary N) is 1. The van der Waals surface area contributed by atoms with E-state index in [1.165, 1.54) is 6.08 Å². The van der Waals surface area contributed by atoms with Gasteiger partial charge in [0.1, 0.15) is 6.04 Å². The van der Waals surface area contributed by atoms with E-state index in [9.17, 15) is 14.4 Å². The number of likely N-dealkylation sites (tertiary alicyclic amines) is 1. The number of carbonyl (C=O) groups excluding carboxylic acids is 3. The van der Waals surface area contributed by atoms with Gasteiger partial charge in [-0.25, -0.2) is 0 Å². The van der Waals surface area contributed by atoms with Gasteiger partial charge in [-0.15, -0.1) is 0 Å². The molecule has 3 amide bonds. The Morgan fingerprint density at radius 1 is 1.09 bits per heavy atom. The second-order valence-corrected chi connectivity index (χ2v) is 8.12. The second-order valence-electron chi connectivity index (χ2n) is 8.12. The number of benzene rings is 2. The van der Waals surface area contributed by atoms with E-state index in [1.54, 1.807) is 13.0 Å². The predicted molar refractivity (Wildman–Crippen MR) is 125 cm³/mol. The van der Waals surface area contributed by atoms with Gasteiger partial charge >= 0.3 is 0 Å². The highest BCUT2D eigenvalue weighted by molar-refractivity contribution is 5.99. The number of rotatable bonds is 8. The minimum absolute atomic E-state index is 0.0314. The Labute approximate surface area is 188 Å². The zero-order valence-corrected chi connectivity index (χ0v) is 18.3. The van der Waals surface area contributed by atoms with Crippen molar-refractivity contribution in [2.45, 2.75) is 32.4 Å². The number of nitrogens with one attached hydrogen (secondary N) is 2. The molecule has 7 heteroatoms. The zero-order valence-electron chi connectivity index (χ0n) is 18.3. The van der Waals surface area contributed by atoms with Gasteiger partial charge in [0, 0.05) is 24.2 Å². The lowest BCUT2D eigenvalue weighted by molar-refractivity contribution is -0.123. The van der Waals surface area contributed by atoms with Gasteiger partial charge in [-0.2, -0.15) is 0 Å². The molecule has 2 aromatic rings. The summed E-state index contributed by atoms with van der Waals surface area (Å²) in [6.07, 6.45) is 4.68. The van der Waals surface area contributed by atoms with E-state index in [1.807, 2.05) is 54.6 Å². The molecule has 0 spiro atoms. The molecule has 1 unspecified atom stereocenters. The van der Waals surface area contributed by atoms with Crippen LogP contribution in [0, 0.1) is 5.92 Å². The molecule has 1 aliphatic rings. The summed E-state index contributed by atoms with van der Waals surface area (Å²) in [4.78, 5) is 38.2. The summed E-state index contributed by atoms with van der Waals surface area (Å²) in [6, 6.07) is 16.5. The lowest BCUT2D eigenvalue weighted by Crippen LogP contribution is -2.40. The van der Waals surface area contributed by atoms with E-state index in [0.29, 0.717) is 5.69 Å². The first-order chi connectivity index (χ1) is 15.4. The van der Waals surface area contributed by atoms with E-state index in [2.05, 4.69) is 15.5 Å². The third-order valence-corrected chi connectivity index (χ3v) is 5.57. The fourth-order valence-electron chi connectivity index (χ4n) is 3.69. The van der Waals surface area contributed by atoms with Crippen molar-refractivity contribution in [1.29, 1.82) is 0 Å². The third-order valence-electron chi connectivity index (χ3n) is 5.57. The van der Waals surface area contributed by atoms with E-state index in [4.69, 9.17) is 5.73 Å². The summed E-state index contributed by atoms with van der Waals surface area (Å²) >= 11 is 0. The summed E-state index contributed by atoms with van der Waals surface area (Å²) in [5.41, 5.74) is 8.07. The highest BCUT2D eigenvalue weighted by atomic mass is 16.2. The first-order valence-electron chi connectivity index (χ1n) is 10.9. The molecule has 1 atom stereocenters. The SMILES string of the molecule is CC(NC(=O)/C=C/c1ccccc1)C(=O)Nc1cccc(CN2CCC(C(N)=O)CC2)c1. The van der Waals surface area contributed by atoms with Crippen molar-refractivity contribution in [3.63, 3.8) is 0 Å². The molecule has 1 fully saturated rings. The molecule has 0 bridgehead atoms. The topological polar surface area (TPSA) is 105 Å². The van der Waals surface area contributed by atoms with Crippen LogP contribution in [0.1, 0.15) is 30.9 Å². The maximum absolute atomic E-state index is 12.5. The van der Waals surface area contributed by atoms with Gasteiger partial charge in [-0.05, 0) is 62.2 Å². The van der Waals surface area contributed by atoms with Crippen LogP contribution >= 0.6 is 0 Å². The molecule has 0 radical (unpaired) electrons. The van der Waals surface area contributed by atoms with Crippen LogP contribution in [-0.2, 0) is 20.9 Å². The van der Waals surface area contributed by atoms with E-state index in [-0.39, 0.29) is 23.6 Å². The standard InChI is InChI=1S/C25H30N4O3/c1-18(27-23(30)11-10-19-6-3-2-4-7-19)25(32)28-22-9-5-8-20(16-22)17-29-14-12-21(13-15-29)24(26)31/h2-11,16,18,21H,12-15,17H2,1H3,(H2,26,31)(H,27,30)(H,28,32)/b11-10+. The van der Waals surface area contributed by atoms with Crippen molar-refractivity contribution in [1.82, 2.24) is 10.2 Å². The Kier molecular flexibility index (Phi) is 8.16. The maximum Gasteiger partial charge on any atom is 0.246 e. The van der Waals surface area contributed by atoms with Gasteiger partial charge in [-0.1, -0.05) is 42.5 Å². The van der Waals surface area contributed by atoms with Crippen molar-refractivity contribution < 1.29 is 14.4 Å². The molecule has 1 saturated heterocycles. The van der Waals surface area contributed by atoms with E-state index < -0.39 is 6.04 Å². The molecule has 4 N–H and O–H groups in total. The molecular weight excluding hydrogens is 404 g/mol. The Morgan fingerprint density at radius 3 is 2.50 bits per heavy atom. The van der Waals surface area contributed by atoms with Crippen LogP contribution in [0.25, 0.3) is 6.08 Å². The first-order valence-corrected chi connectivity index (χ1v) is 10.9. The maximum atomic E-state index is 12.5. The van der Waals surface area contributed by atoms with Crippen molar-refractivity contribution >= 4 is 29.5 Å². The number of hydrogen-bond donors (Lipinski definition) is 3. The molecular formula is C25H30N4O3. The van der Waals surface area contributed by atoms with Gasteiger partial charge in [0.25, 0.3) is 0 Å². The fourth-order valence-corrected chi connectivity index (χ4v) is 3.69. The molecule has 1 heterocycles. The van der Waals surface area contributed by atoms with Crippen molar-refractivity contribution in [2.75, 3.05) is 18.4 Å². The Morgan fingerprint density at radius 2 is 1.81 bits per heavy atom. The van der Waals surface area contributed by atoms with Crippen LogP contribution in [0.4, 0.5) is 5.69 Å². The van der Waals surface area contributed by atoms with Crippen molar-refractivity contribution in [3.8, 4) is 0 Å². The minimum Gasteiger partial charge on any atom is -0.369 e. The molecule has 3 rings (SSSR count). The molecule has 1 aliphatic heterocycles. The normalized spacial score (nSPS) is 15.9. The van der Waals surface area contributed by atoms with Crippen LogP contribution in [0.2, 0.25) is 0 Å². The highest BCUT2D eigenvalue weighted by Gasteiger charge is 2.23. The number of nitrogens with zero attached hydrogens (tertiary/aromatic N) is 1. The van der Waals surface area contributed by atoms with Gasteiger partial charge in [0.15, 0.2) is 0 Å². The molecule has 168 valence electrons. The van der Waals surface area contributed by atoms with Crippen LogP contribution in [0.5, 0.6) is 0 Å². The molecule has 0 saturated carbocycles. The highest BCUT2D eigenvalue weighted by Crippen LogP contribution is 2.20. The number of primary amides is 1. The smallest absolute Gasteiger partial charge is 0.246 e. The van der Waals surface area contributed by atoms with Crippen LogP contribution in [-0.4, -0.2) is 41.8 Å². The molecule has 0 aliphatic carbocycles. The lowest BCUT2D eigenvalue weighted by Gasteiger charge is -2.30. The van der Waals surface area contributed by atoms with Crippen molar-refractivity contribution in [3.05, 3.63) is 71.8 Å². The number of hydrogen-bond acceptors (Lipinski definition) is 4. The quantitative estimate of drug-likeness (QED) is 0.555. The van der Waals surface area contributed by atoms with Crippen LogP contribution < -0.4 is 16.4 Å². The summed E-state index contributed by atoms with van der Waals surface area (Å²) in [6.45, 7) is 4.04. The average Bonchev–Trinajstić information content (AvgIpc) is 2.79. The van der Waals surface area contributed by atoms with Gasteiger partial charge in [-0.3, -0.25) is 19.3 Å². The molecule has 2 aromatic carbocycles.